The Kier molecular flexibility index (Phi) is 8.86. The van der Waals surface area contributed by atoms with E-state index in [9.17, 15) is 19.5 Å². The van der Waals surface area contributed by atoms with Gasteiger partial charge in [-0.2, -0.15) is 0 Å². The van der Waals surface area contributed by atoms with Crippen molar-refractivity contribution in [2.24, 2.45) is 5.92 Å². The number of anilines is 3. The van der Waals surface area contributed by atoms with Crippen LogP contribution in [0.5, 0.6) is 5.75 Å². The number of amides is 2. The predicted octanol–water partition coefficient (Wildman–Crippen LogP) is 5.63. The molecule has 2 amide bonds. The number of carboxylic acid groups (broad SMARTS) is 1. The smallest absolute Gasteiger partial charge is 0.303 e. The monoisotopic (exact) mass is 529 g/mol. The summed E-state index contributed by atoms with van der Waals surface area (Å²) in [7, 11) is 1.53. The molecule has 0 saturated heterocycles. The zero-order valence-electron chi connectivity index (χ0n) is 22.5. The highest BCUT2D eigenvalue weighted by atomic mass is 16.5. The molecule has 8 heteroatoms. The summed E-state index contributed by atoms with van der Waals surface area (Å²) in [5.41, 5.74) is 4.81. The molecule has 0 fully saturated rings. The minimum Gasteiger partial charge on any atom is -0.495 e. The number of carbonyl (C=O) groups excluding carboxylic acids is 2. The zero-order chi connectivity index (χ0) is 27.9. The van der Waals surface area contributed by atoms with E-state index in [0.29, 0.717) is 29.6 Å². The number of hydrogen-bond acceptors (Lipinski definition) is 5. The fourth-order valence-corrected chi connectivity index (χ4v) is 5.03. The third-order valence-electron chi connectivity index (χ3n) is 6.88. The molecule has 39 heavy (non-hydrogen) atoms. The Morgan fingerprint density at radius 2 is 1.77 bits per heavy atom. The highest BCUT2D eigenvalue weighted by Crippen LogP contribution is 2.34. The molecule has 3 aromatic carbocycles. The van der Waals surface area contributed by atoms with E-state index in [-0.39, 0.29) is 36.5 Å². The SMILES string of the molecule is COc1cc(CC(=O)Nc2ccc(C(CC(=O)O)CC(C)C)cc2)ccc1NC(=O)C1CNc2ccccc21. The summed E-state index contributed by atoms with van der Waals surface area (Å²) in [5, 5.41) is 18.4. The molecule has 0 aromatic heterocycles. The minimum absolute atomic E-state index is 0.0709. The van der Waals surface area contributed by atoms with Crippen LogP contribution < -0.4 is 20.7 Å². The normalized spacial score (nSPS) is 14.7. The van der Waals surface area contributed by atoms with Gasteiger partial charge in [0.2, 0.25) is 11.8 Å². The number of benzene rings is 3. The highest BCUT2D eigenvalue weighted by Gasteiger charge is 2.28. The van der Waals surface area contributed by atoms with Crippen molar-refractivity contribution in [2.75, 3.05) is 29.6 Å². The van der Waals surface area contributed by atoms with Crippen LogP contribution in [0.2, 0.25) is 0 Å². The van der Waals surface area contributed by atoms with E-state index < -0.39 is 5.97 Å². The van der Waals surface area contributed by atoms with E-state index >= 15 is 0 Å². The van der Waals surface area contributed by atoms with Gasteiger partial charge in [-0.25, -0.2) is 0 Å². The van der Waals surface area contributed by atoms with E-state index in [1.807, 2.05) is 36.4 Å². The summed E-state index contributed by atoms with van der Waals surface area (Å²) in [6.45, 7) is 4.68. The summed E-state index contributed by atoms with van der Waals surface area (Å²) in [6.07, 6.45) is 0.982. The van der Waals surface area contributed by atoms with Gasteiger partial charge in [-0.15, -0.1) is 0 Å². The lowest BCUT2D eigenvalue weighted by atomic mass is 9.88. The summed E-state index contributed by atoms with van der Waals surface area (Å²) in [6, 6.07) is 20.4. The second-order valence-electron chi connectivity index (χ2n) is 10.3. The molecule has 1 heterocycles. The second kappa shape index (κ2) is 12.5. The first-order valence-corrected chi connectivity index (χ1v) is 13.2. The van der Waals surface area contributed by atoms with Gasteiger partial charge in [0.25, 0.3) is 0 Å². The zero-order valence-corrected chi connectivity index (χ0v) is 22.5. The van der Waals surface area contributed by atoms with Crippen molar-refractivity contribution in [3.8, 4) is 5.75 Å². The van der Waals surface area contributed by atoms with E-state index in [4.69, 9.17) is 4.74 Å². The first-order valence-electron chi connectivity index (χ1n) is 13.2. The van der Waals surface area contributed by atoms with Crippen LogP contribution in [-0.2, 0) is 20.8 Å². The van der Waals surface area contributed by atoms with Gasteiger partial charge in [-0.3, -0.25) is 14.4 Å². The number of hydrogen-bond donors (Lipinski definition) is 4. The number of aliphatic carboxylic acids is 1. The molecule has 3 aromatic rings. The molecule has 1 aliphatic heterocycles. The number of ether oxygens (including phenoxy) is 1. The molecular weight excluding hydrogens is 494 g/mol. The molecule has 0 bridgehead atoms. The lowest BCUT2D eigenvalue weighted by molar-refractivity contribution is -0.137. The third kappa shape index (κ3) is 7.16. The van der Waals surface area contributed by atoms with E-state index in [2.05, 4.69) is 29.8 Å². The predicted molar refractivity (Wildman–Crippen MR) is 153 cm³/mol. The molecule has 0 spiro atoms. The number of rotatable bonds is 11. The van der Waals surface area contributed by atoms with Crippen molar-refractivity contribution in [3.63, 3.8) is 0 Å². The summed E-state index contributed by atoms with van der Waals surface area (Å²) in [5.74, 6) is -0.655. The molecule has 1 aliphatic rings. The van der Waals surface area contributed by atoms with E-state index in [0.717, 1.165) is 28.8 Å². The van der Waals surface area contributed by atoms with Crippen LogP contribution in [0.4, 0.5) is 17.1 Å². The average Bonchev–Trinajstić information content (AvgIpc) is 3.33. The summed E-state index contributed by atoms with van der Waals surface area (Å²) in [4.78, 5) is 37.0. The summed E-state index contributed by atoms with van der Waals surface area (Å²) < 4.78 is 5.51. The number of carboxylic acids is 1. The fraction of sp³-hybridized carbons (Fsp3) is 0.323. The quantitative estimate of drug-likeness (QED) is 0.256. The van der Waals surface area contributed by atoms with Gasteiger partial charge >= 0.3 is 5.97 Å². The second-order valence-corrected chi connectivity index (χ2v) is 10.3. The van der Waals surface area contributed by atoms with E-state index in [1.54, 1.807) is 30.3 Å². The average molecular weight is 530 g/mol. The topological polar surface area (TPSA) is 117 Å². The van der Waals surface area contributed by atoms with Crippen molar-refractivity contribution in [2.45, 2.75) is 44.9 Å². The van der Waals surface area contributed by atoms with Crippen LogP contribution in [0, 0.1) is 5.92 Å². The number of para-hydroxylation sites is 1. The van der Waals surface area contributed by atoms with Crippen molar-refractivity contribution >= 4 is 34.8 Å². The van der Waals surface area contributed by atoms with Crippen molar-refractivity contribution < 1.29 is 24.2 Å². The van der Waals surface area contributed by atoms with Crippen LogP contribution in [0.25, 0.3) is 0 Å². The van der Waals surface area contributed by atoms with Crippen molar-refractivity contribution in [1.29, 1.82) is 0 Å². The number of carbonyl (C=O) groups is 3. The van der Waals surface area contributed by atoms with Crippen LogP contribution in [0.3, 0.4) is 0 Å². The Morgan fingerprint density at radius 3 is 2.46 bits per heavy atom. The Bertz CT molecular complexity index is 1340. The molecule has 2 unspecified atom stereocenters. The van der Waals surface area contributed by atoms with Gasteiger partial charge < -0.3 is 25.8 Å². The number of fused-ring (bicyclic) bond motifs is 1. The Labute approximate surface area is 228 Å². The molecule has 204 valence electrons. The first-order chi connectivity index (χ1) is 18.7. The molecule has 4 N–H and O–H groups in total. The Balaban J connectivity index is 1.37. The molecule has 8 nitrogen and oxygen atoms in total. The maximum absolute atomic E-state index is 13.0. The minimum atomic E-state index is -0.820. The lowest BCUT2D eigenvalue weighted by Gasteiger charge is -2.18. The summed E-state index contributed by atoms with van der Waals surface area (Å²) >= 11 is 0. The highest BCUT2D eigenvalue weighted by molar-refractivity contribution is 5.99. The maximum atomic E-state index is 13.0. The Hall–Kier alpha value is -4.33. The lowest BCUT2D eigenvalue weighted by Crippen LogP contribution is -2.23. The maximum Gasteiger partial charge on any atom is 0.303 e. The largest absolute Gasteiger partial charge is 0.495 e. The molecule has 4 rings (SSSR count). The van der Waals surface area contributed by atoms with Gasteiger partial charge in [0.1, 0.15) is 5.75 Å². The van der Waals surface area contributed by atoms with E-state index in [1.165, 1.54) is 7.11 Å². The number of methoxy groups -OCH3 is 1. The van der Waals surface area contributed by atoms with Gasteiger partial charge in [0.15, 0.2) is 0 Å². The van der Waals surface area contributed by atoms with Crippen LogP contribution in [0.15, 0.2) is 66.7 Å². The molecule has 0 radical (unpaired) electrons. The van der Waals surface area contributed by atoms with Gasteiger partial charge in [-0.1, -0.05) is 50.2 Å². The molecule has 2 atom stereocenters. The van der Waals surface area contributed by atoms with Crippen LogP contribution in [0.1, 0.15) is 55.2 Å². The number of nitrogens with one attached hydrogen (secondary N) is 3. The van der Waals surface area contributed by atoms with Crippen LogP contribution >= 0.6 is 0 Å². The van der Waals surface area contributed by atoms with Gasteiger partial charge in [0.05, 0.1) is 31.6 Å². The first kappa shape index (κ1) is 27.7. The van der Waals surface area contributed by atoms with Crippen LogP contribution in [-0.4, -0.2) is 36.5 Å². The van der Waals surface area contributed by atoms with Crippen molar-refractivity contribution in [3.05, 3.63) is 83.4 Å². The van der Waals surface area contributed by atoms with Crippen molar-refractivity contribution in [1.82, 2.24) is 0 Å². The van der Waals surface area contributed by atoms with Gasteiger partial charge in [-0.05, 0) is 65.3 Å². The molecule has 0 saturated carbocycles. The molecule has 0 aliphatic carbocycles. The Morgan fingerprint density at radius 1 is 1.03 bits per heavy atom. The third-order valence-corrected chi connectivity index (χ3v) is 6.88. The molecular formula is C31H35N3O5. The van der Waals surface area contributed by atoms with Gasteiger partial charge in [0, 0.05) is 17.9 Å². The fourth-order valence-electron chi connectivity index (χ4n) is 5.03. The standard InChI is InChI=1S/C31H35N3O5/c1-19(2)14-22(17-30(36)37)21-9-11-23(12-10-21)33-29(35)16-20-8-13-27(28(15-20)39-3)34-31(38)25-18-32-26-7-5-4-6-24(25)26/h4-13,15,19,22,25,32H,14,16-18H2,1-3H3,(H,33,35)(H,34,38)(H,36,37).